The fourth-order valence-corrected chi connectivity index (χ4v) is 0.634. The molecular formula is C6H6BNO4. The number of hydrogen-bond acceptors (Lipinski definition) is 4. The minimum atomic E-state index is -0.753. The van der Waals surface area contributed by atoms with Gasteiger partial charge in [0.1, 0.15) is 0 Å². The standard InChI is InChI=1S/C6H6BNO4/c7-3-6(11)12-8-4(9)1-2-5(8)10/h1-2,9-10H,3H2. The highest BCUT2D eigenvalue weighted by atomic mass is 16.7. The zero-order valence-corrected chi connectivity index (χ0v) is 6.10. The first-order chi connectivity index (χ1) is 5.65. The summed E-state index contributed by atoms with van der Waals surface area (Å²) in [6.45, 7) is 0. The Morgan fingerprint density at radius 2 is 2.00 bits per heavy atom. The minimum Gasteiger partial charge on any atom is -0.492 e. The van der Waals surface area contributed by atoms with Gasteiger partial charge >= 0.3 is 5.97 Å². The van der Waals surface area contributed by atoms with E-state index in [9.17, 15) is 4.79 Å². The van der Waals surface area contributed by atoms with Crippen molar-refractivity contribution in [2.45, 2.75) is 6.32 Å². The van der Waals surface area contributed by atoms with Gasteiger partial charge in [-0.05, 0) is 0 Å². The predicted octanol–water partition coefficient (Wildman–Crippen LogP) is -0.559. The number of aromatic nitrogens is 1. The third kappa shape index (κ3) is 1.53. The van der Waals surface area contributed by atoms with Crippen LogP contribution in [0.25, 0.3) is 0 Å². The Morgan fingerprint density at radius 3 is 2.42 bits per heavy atom. The van der Waals surface area contributed by atoms with Crippen molar-refractivity contribution >= 4 is 13.8 Å². The minimum absolute atomic E-state index is 0.322. The van der Waals surface area contributed by atoms with Crippen molar-refractivity contribution in [3.63, 3.8) is 0 Å². The van der Waals surface area contributed by atoms with E-state index >= 15 is 0 Å². The van der Waals surface area contributed by atoms with Crippen molar-refractivity contribution in [3.05, 3.63) is 12.1 Å². The second kappa shape index (κ2) is 3.21. The Kier molecular flexibility index (Phi) is 2.28. The summed E-state index contributed by atoms with van der Waals surface area (Å²) >= 11 is 0. The molecule has 0 atom stereocenters. The van der Waals surface area contributed by atoms with Crippen LogP contribution in [0.1, 0.15) is 0 Å². The van der Waals surface area contributed by atoms with Gasteiger partial charge in [0.15, 0.2) is 0 Å². The second-order valence-electron chi connectivity index (χ2n) is 2.01. The molecule has 0 unspecified atom stereocenters. The molecule has 0 aromatic carbocycles. The SMILES string of the molecule is [B]CC(=O)On1c(O)ccc1O. The van der Waals surface area contributed by atoms with Crippen LogP contribution >= 0.6 is 0 Å². The molecule has 0 aliphatic carbocycles. The zero-order valence-electron chi connectivity index (χ0n) is 6.10. The van der Waals surface area contributed by atoms with Crippen LogP contribution in [0.5, 0.6) is 11.8 Å². The molecule has 0 saturated carbocycles. The molecule has 1 aromatic rings. The topological polar surface area (TPSA) is 71.7 Å². The fourth-order valence-electron chi connectivity index (χ4n) is 0.634. The molecule has 0 spiro atoms. The number of aromatic hydroxyl groups is 2. The molecule has 0 saturated heterocycles. The molecule has 0 fully saturated rings. The van der Waals surface area contributed by atoms with Gasteiger partial charge in [0, 0.05) is 18.5 Å². The fraction of sp³-hybridized carbons (Fsp3) is 0.167. The lowest BCUT2D eigenvalue weighted by atomic mass is 10.1. The van der Waals surface area contributed by atoms with Crippen molar-refractivity contribution in [3.8, 4) is 11.8 Å². The van der Waals surface area contributed by atoms with E-state index in [4.69, 9.17) is 18.1 Å². The van der Waals surface area contributed by atoms with Gasteiger partial charge in [0.05, 0.1) is 7.85 Å². The summed E-state index contributed by atoms with van der Waals surface area (Å²) in [7, 11) is 4.94. The third-order valence-corrected chi connectivity index (χ3v) is 1.16. The summed E-state index contributed by atoms with van der Waals surface area (Å²) in [5.41, 5.74) is 0. The first-order valence-corrected chi connectivity index (χ1v) is 3.16. The molecule has 0 aliphatic heterocycles. The van der Waals surface area contributed by atoms with Crippen molar-refractivity contribution in [2.24, 2.45) is 0 Å². The van der Waals surface area contributed by atoms with Crippen LogP contribution in [0.15, 0.2) is 12.1 Å². The van der Waals surface area contributed by atoms with Gasteiger partial charge in [-0.25, -0.2) is 0 Å². The number of rotatable bonds is 2. The monoisotopic (exact) mass is 167 g/mol. The lowest BCUT2D eigenvalue weighted by molar-refractivity contribution is -0.142. The number of carbonyl (C=O) groups is 1. The molecule has 1 aromatic heterocycles. The zero-order chi connectivity index (χ0) is 9.14. The Morgan fingerprint density at radius 1 is 1.50 bits per heavy atom. The average Bonchev–Trinajstić information content (AvgIpc) is 2.35. The van der Waals surface area contributed by atoms with Gasteiger partial charge < -0.3 is 15.1 Å². The average molecular weight is 167 g/mol. The van der Waals surface area contributed by atoms with Crippen LogP contribution in [-0.2, 0) is 4.79 Å². The van der Waals surface area contributed by atoms with Gasteiger partial charge in [-0.3, -0.25) is 4.79 Å². The molecule has 0 amide bonds. The Labute approximate surface area is 69.5 Å². The van der Waals surface area contributed by atoms with E-state index in [1.807, 2.05) is 0 Å². The first-order valence-electron chi connectivity index (χ1n) is 3.16. The third-order valence-electron chi connectivity index (χ3n) is 1.16. The normalized spacial score (nSPS) is 9.67. The van der Waals surface area contributed by atoms with E-state index in [1.165, 1.54) is 12.1 Å². The molecule has 62 valence electrons. The maximum Gasteiger partial charge on any atom is 0.324 e. The highest BCUT2D eigenvalue weighted by Gasteiger charge is 2.09. The first kappa shape index (κ1) is 8.51. The van der Waals surface area contributed by atoms with Crippen LogP contribution < -0.4 is 4.84 Å². The summed E-state index contributed by atoms with van der Waals surface area (Å²) in [5, 5.41) is 17.9. The highest BCUT2D eigenvalue weighted by molar-refractivity contribution is 6.18. The van der Waals surface area contributed by atoms with Gasteiger partial charge in [-0.2, -0.15) is 0 Å². The van der Waals surface area contributed by atoms with Crippen molar-refractivity contribution in [1.82, 2.24) is 4.73 Å². The maximum atomic E-state index is 10.6. The largest absolute Gasteiger partial charge is 0.492 e. The number of nitrogens with zero attached hydrogens (tertiary/aromatic N) is 1. The quantitative estimate of drug-likeness (QED) is 0.579. The smallest absolute Gasteiger partial charge is 0.324 e. The summed E-state index contributed by atoms with van der Waals surface area (Å²) in [5.74, 6) is -1.49. The van der Waals surface area contributed by atoms with Crippen molar-refractivity contribution in [1.29, 1.82) is 0 Å². The van der Waals surface area contributed by atoms with Gasteiger partial charge in [-0.15, -0.1) is 4.73 Å². The summed E-state index contributed by atoms with van der Waals surface area (Å²) in [4.78, 5) is 15.0. The van der Waals surface area contributed by atoms with Crippen molar-refractivity contribution < 1.29 is 19.8 Å². The van der Waals surface area contributed by atoms with Gasteiger partial charge in [-0.1, -0.05) is 0 Å². The van der Waals surface area contributed by atoms with Gasteiger partial charge in [0.2, 0.25) is 11.8 Å². The maximum absolute atomic E-state index is 10.6. The molecule has 0 aliphatic rings. The molecular weight excluding hydrogens is 161 g/mol. The second-order valence-corrected chi connectivity index (χ2v) is 2.01. The van der Waals surface area contributed by atoms with E-state index in [-0.39, 0.29) is 18.1 Å². The lowest BCUT2D eigenvalue weighted by Crippen LogP contribution is -2.17. The summed E-state index contributed by atoms with van der Waals surface area (Å²) in [6.07, 6.45) is -0.322. The van der Waals surface area contributed by atoms with E-state index in [0.29, 0.717) is 4.73 Å². The number of hydrogen-bond donors (Lipinski definition) is 2. The van der Waals surface area contributed by atoms with Crippen LogP contribution in [0.3, 0.4) is 0 Å². The van der Waals surface area contributed by atoms with Crippen LogP contribution in [0, 0.1) is 0 Å². The van der Waals surface area contributed by atoms with E-state index in [0.717, 1.165) is 0 Å². The predicted molar refractivity (Wildman–Crippen MR) is 39.9 cm³/mol. The molecule has 0 bridgehead atoms. The molecule has 2 N–H and O–H groups in total. The van der Waals surface area contributed by atoms with Gasteiger partial charge in [0.25, 0.3) is 0 Å². The van der Waals surface area contributed by atoms with Crippen LogP contribution in [-0.4, -0.2) is 28.8 Å². The van der Waals surface area contributed by atoms with Crippen LogP contribution in [0.4, 0.5) is 0 Å². The molecule has 12 heavy (non-hydrogen) atoms. The Bertz CT molecular complexity index is 276. The Balaban J connectivity index is 2.80. The van der Waals surface area contributed by atoms with Crippen LogP contribution in [0.2, 0.25) is 6.32 Å². The molecule has 1 heterocycles. The van der Waals surface area contributed by atoms with E-state index < -0.39 is 5.97 Å². The lowest BCUT2D eigenvalue weighted by Gasteiger charge is -2.04. The summed E-state index contributed by atoms with van der Waals surface area (Å²) < 4.78 is 0.579. The molecule has 2 radical (unpaired) electrons. The molecule has 1 rings (SSSR count). The molecule has 5 nitrogen and oxygen atoms in total. The Hall–Kier alpha value is -1.59. The van der Waals surface area contributed by atoms with E-state index in [1.54, 1.807) is 0 Å². The molecule has 6 heteroatoms. The summed E-state index contributed by atoms with van der Waals surface area (Å²) in [6, 6.07) is 2.36. The van der Waals surface area contributed by atoms with Crippen molar-refractivity contribution in [2.75, 3.05) is 0 Å². The highest BCUT2D eigenvalue weighted by Crippen LogP contribution is 2.18. The number of carbonyl (C=O) groups excluding carboxylic acids is 1. The van der Waals surface area contributed by atoms with E-state index in [2.05, 4.69) is 4.84 Å².